The third-order valence-electron chi connectivity index (χ3n) is 2.82. The van der Waals surface area contributed by atoms with Crippen LogP contribution in [0.5, 0.6) is 0 Å². The maximum atomic E-state index is 2.42. The predicted octanol–water partition coefficient (Wildman–Crippen LogP) is 6.03. The van der Waals surface area contributed by atoms with Crippen LogP contribution in [-0.4, -0.2) is 6.66 Å². The van der Waals surface area contributed by atoms with Crippen molar-refractivity contribution in [3.8, 4) is 0 Å². The molecule has 0 nitrogen and oxygen atoms in total. The lowest BCUT2D eigenvalue weighted by molar-refractivity contribution is 1.50. The van der Waals surface area contributed by atoms with Gasteiger partial charge in [0.05, 0.1) is 0 Å². The second-order valence-electron chi connectivity index (χ2n) is 3.59. The minimum atomic E-state index is -0.0967. The van der Waals surface area contributed by atoms with Crippen LogP contribution in [0, 0.1) is 0 Å². The first-order valence-corrected chi connectivity index (χ1v) is 9.32. The van der Waals surface area contributed by atoms with E-state index in [1.807, 2.05) is 20.5 Å². The molecule has 0 saturated heterocycles. The normalized spacial score (nSPS) is 9.39. The van der Waals surface area contributed by atoms with Crippen molar-refractivity contribution in [2.24, 2.45) is 6.66 Å². The van der Waals surface area contributed by atoms with E-state index in [1.54, 1.807) is 0 Å². The van der Waals surface area contributed by atoms with Crippen molar-refractivity contribution in [1.29, 1.82) is 0 Å². The van der Waals surface area contributed by atoms with Gasteiger partial charge >= 0.3 is 0 Å². The van der Waals surface area contributed by atoms with Gasteiger partial charge in [-0.1, -0.05) is 69.0 Å². The molecule has 18 heavy (non-hydrogen) atoms. The van der Waals surface area contributed by atoms with E-state index in [-0.39, 0.29) is 7.53 Å². The van der Waals surface area contributed by atoms with Crippen molar-refractivity contribution in [3.05, 3.63) is 48.5 Å². The molecule has 0 aliphatic rings. The number of hydrogen-bond acceptors (Lipinski definition) is 0. The summed E-state index contributed by atoms with van der Waals surface area (Å²) in [7, 11) is 2.32. The summed E-state index contributed by atoms with van der Waals surface area (Å²) >= 11 is 0. The summed E-state index contributed by atoms with van der Waals surface area (Å²) < 4.78 is 0. The van der Waals surface area contributed by atoms with Gasteiger partial charge in [0.25, 0.3) is 0 Å². The van der Waals surface area contributed by atoms with E-state index in [2.05, 4.69) is 64.4 Å². The van der Waals surface area contributed by atoms with Gasteiger partial charge in [0.2, 0.25) is 0 Å². The fraction of sp³-hybridized carbons (Fsp3) is 0.250. The van der Waals surface area contributed by atoms with E-state index in [1.165, 1.54) is 21.0 Å². The molecule has 2 aromatic carbocycles. The second kappa shape index (κ2) is 7.57. The summed E-state index contributed by atoms with van der Waals surface area (Å²) in [5.74, 6) is 0. The van der Waals surface area contributed by atoms with Crippen molar-refractivity contribution in [3.63, 3.8) is 0 Å². The molecule has 0 spiro atoms. The average Bonchev–Trinajstić information content (AvgIpc) is 2.78. The highest BCUT2D eigenvalue weighted by Crippen LogP contribution is 2.46. The Labute approximate surface area is 114 Å². The minimum Gasteiger partial charge on any atom is -0.141 e. The maximum absolute atomic E-state index is 2.42. The van der Waals surface area contributed by atoms with E-state index < -0.39 is 0 Å². The van der Waals surface area contributed by atoms with Gasteiger partial charge in [-0.15, -0.1) is 16.8 Å². The molecule has 1 unspecified atom stereocenters. The fourth-order valence-corrected chi connectivity index (χ4v) is 4.11. The van der Waals surface area contributed by atoms with Crippen molar-refractivity contribution in [2.75, 3.05) is 6.66 Å². The molecule has 0 N–H and O–H groups in total. The quantitative estimate of drug-likeness (QED) is 0.439. The van der Waals surface area contributed by atoms with Crippen LogP contribution in [0.3, 0.4) is 0 Å². The molecule has 0 aliphatic carbocycles. The van der Waals surface area contributed by atoms with Crippen molar-refractivity contribution < 1.29 is 0 Å². The summed E-state index contributed by atoms with van der Waals surface area (Å²) in [6.07, 6.45) is 0. The molecule has 2 heteroatoms. The summed E-state index contributed by atoms with van der Waals surface area (Å²) in [6, 6.07) is 17.5. The van der Waals surface area contributed by atoms with Crippen molar-refractivity contribution >= 4 is 37.8 Å². The van der Waals surface area contributed by atoms with Gasteiger partial charge in [0.15, 0.2) is 0 Å². The molecule has 0 amide bonds. The zero-order chi connectivity index (χ0) is 13.5. The first kappa shape index (κ1) is 15.2. The van der Waals surface area contributed by atoms with E-state index in [0.717, 1.165) is 0 Å². The second-order valence-corrected chi connectivity index (χ2v) is 5.67. The van der Waals surface area contributed by atoms with Crippen LogP contribution >= 0.6 is 16.8 Å². The number of rotatable bonds is 0. The summed E-state index contributed by atoms with van der Waals surface area (Å²) in [4.78, 5) is 0. The Morgan fingerprint density at radius 3 is 1.44 bits per heavy atom. The zero-order valence-corrected chi connectivity index (χ0v) is 13.7. The molecule has 0 bridgehead atoms. The number of benzene rings is 2. The Morgan fingerprint density at radius 1 is 0.722 bits per heavy atom. The minimum absolute atomic E-state index is 0.0967. The lowest BCUT2D eigenvalue weighted by atomic mass is 10.2. The molecule has 0 saturated carbocycles. The van der Waals surface area contributed by atoms with Crippen molar-refractivity contribution in [2.45, 2.75) is 13.8 Å². The van der Waals surface area contributed by atoms with Crippen LogP contribution in [0.25, 0.3) is 21.0 Å². The van der Waals surface area contributed by atoms with Gasteiger partial charge in [0.1, 0.15) is 0 Å². The molecule has 0 radical (unpaired) electrons. The first-order valence-electron chi connectivity index (χ1n) is 6.38. The van der Waals surface area contributed by atoms with Crippen LogP contribution in [0.1, 0.15) is 13.8 Å². The SMILES string of the molecule is CC.CP.Cp1c2ccccc2c2ccccc21. The lowest BCUT2D eigenvalue weighted by Gasteiger charge is -1.90. The van der Waals surface area contributed by atoms with Gasteiger partial charge in [-0.25, -0.2) is 0 Å². The summed E-state index contributed by atoms with van der Waals surface area (Å²) in [6.45, 7) is 8.26. The largest absolute Gasteiger partial charge is 0.141 e. The number of aryl methyl sites for hydroxylation is 1. The topological polar surface area (TPSA) is 0 Å². The average molecular weight is 276 g/mol. The Balaban J connectivity index is 0.000000371. The Bertz CT molecular complexity index is 555. The smallest absolute Gasteiger partial charge is 0.00211 e. The Morgan fingerprint density at radius 2 is 1.06 bits per heavy atom. The highest BCUT2D eigenvalue weighted by Gasteiger charge is 2.05. The van der Waals surface area contributed by atoms with Gasteiger partial charge in [0, 0.05) is 10.2 Å². The van der Waals surface area contributed by atoms with Crippen LogP contribution in [0.2, 0.25) is 0 Å². The lowest BCUT2D eigenvalue weighted by Crippen LogP contribution is -1.62. The third kappa shape index (κ3) is 2.77. The monoisotopic (exact) mass is 276 g/mol. The molecule has 0 fully saturated rings. The van der Waals surface area contributed by atoms with Crippen LogP contribution in [0.15, 0.2) is 48.5 Å². The fourth-order valence-electron chi connectivity index (χ4n) is 2.12. The van der Waals surface area contributed by atoms with E-state index in [9.17, 15) is 0 Å². The molecular weight excluding hydrogens is 254 g/mol. The van der Waals surface area contributed by atoms with Crippen LogP contribution < -0.4 is 0 Å². The van der Waals surface area contributed by atoms with Crippen LogP contribution in [-0.2, 0) is 6.66 Å². The van der Waals surface area contributed by atoms with Crippen LogP contribution in [0.4, 0.5) is 0 Å². The first-order chi connectivity index (χ1) is 8.88. The number of fused-ring (bicyclic) bond motifs is 3. The van der Waals surface area contributed by atoms with Gasteiger partial charge < -0.3 is 0 Å². The molecule has 96 valence electrons. The predicted molar refractivity (Wildman–Crippen MR) is 92.1 cm³/mol. The van der Waals surface area contributed by atoms with Gasteiger partial charge in [-0.2, -0.15) is 0 Å². The van der Waals surface area contributed by atoms with E-state index >= 15 is 0 Å². The maximum Gasteiger partial charge on any atom is 0.00211 e. The van der Waals surface area contributed by atoms with Gasteiger partial charge in [-0.05, 0) is 17.4 Å². The molecule has 0 aliphatic heterocycles. The van der Waals surface area contributed by atoms with Crippen molar-refractivity contribution in [1.82, 2.24) is 0 Å². The van der Waals surface area contributed by atoms with Gasteiger partial charge in [-0.3, -0.25) is 0 Å². The zero-order valence-electron chi connectivity index (χ0n) is 11.6. The van der Waals surface area contributed by atoms with E-state index in [0.29, 0.717) is 0 Å². The van der Waals surface area contributed by atoms with E-state index in [4.69, 9.17) is 0 Å². The Kier molecular flexibility index (Phi) is 6.41. The molecule has 1 heterocycles. The highest BCUT2D eigenvalue weighted by atomic mass is 31.1. The molecule has 3 rings (SSSR count). The summed E-state index contributed by atoms with van der Waals surface area (Å²) in [5, 5.41) is 5.95. The molecule has 1 aromatic heterocycles. The molecule has 3 aromatic rings. The summed E-state index contributed by atoms with van der Waals surface area (Å²) in [5.41, 5.74) is 0. The third-order valence-corrected chi connectivity index (χ3v) is 5.05. The highest BCUT2D eigenvalue weighted by molar-refractivity contribution is 7.59. The molecular formula is C16H22P2. The number of hydrogen-bond donors (Lipinski definition) is 0. The standard InChI is InChI=1S/C13H11P.C2H6.CH5P/c1-14-12-8-4-2-6-10(12)11-7-3-5-9-13(11)14;2*1-2/h2-9H,1H3;1-2H3;2H2,1H3. The Hall–Kier alpha value is -0.830. The molecule has 1 atom stereocenters.